The third-order valence-electron chi connectivity index (χ3n) is 13.9. The van der Waals surface area contributed by atoms with Crippen molar-refractivity contribution in [1.29, 1.82) is 0 Å². The molecular weight excluding hydrogens is 913 g/mol. The Morgan fingerprint density at radius 1 is 0.270 bits per heavy atom. The predicted molar refractivity (Wildman–Crippen MR) is 321 cm³/mol. The largest absolute Gasteiger partial charge is 0.462 e. The lowest BCUT2D eigenvalue weighted by Crippen LogP contribution is -2.30. The van der Waals surface area contributed by atoms with Crippen LogP contribution in [0.25, 0.3) is 0 Å². The van der Waals surface area contributed by atoms with Gasteiger partial charge in [0.15, 0.2) is 6.10 Å². The minimum atomic E-state index is -0.789. The van der Waals surface area contributed by atoms with E-state index in [-0.39, 0.29) is 31.1 Å². The zero-order chi connectivity index (χ0) is 53.6. The van der Waals surface area contributed by atoms with Gasteiger partial charge in [-0.15, -0.1) is 0 Å². The Balaban J connectivity index is 4.26. The van der Waals surface area contributed by atoms with E-state index in [1.165, 1.54) is 167 Å². The second kappa shape index (κ2) is 62.4. The highest BCUT2D eigenvalue weighted by Crippen LogP contribution is 2.16. The molecule has 0 aliphatic heterocycles. The molecule has 0 aromatic carbocycles. The lowest BCUT2D eigenvalue weighted by atomic mass is 10.0. The van der Waals surface area contributed by atoms with Gasteiger partial charge in [-0.3, -0.25) is 14.4 Å². The zero-order valence-corrected chi connectivity index (χ0v) is 49.1. The van der Waals surface area contributed by atoms with Gasteiger partial charge in [0.2, 0.25) is 0 Å². The zero-order valence-electron chi connectivity index (χ0n) is 49.1. The van der Waals surface area contributed by atoms with Gasteiger partial charge in [0, 0.05) is 19.3 Å². The number of unbranched alkanes of at least 4 members (excludes halogenated alkanes) is 35. The first-order chi connectivity index (χ1) is 36.5. The lowest BCUT2D eigenvalue weighted by Gasteiger charge is -2.18. The Bertz CT molecular complexity index is 1370. The molecule has 1 atom stereocenters. The quantitative estimate of drug-likeness (QED) is 0.0261. The number of rotatable bonds is 58. The van der Waals surface area contributed by atoms with E-state index in [0.29, 0.717) is 19.3 Å². The summed E-state index contributed by atoms with van der Waals surface area (Å²) >= 11 is 0. The van der Waals surface area contributed by atoms with E-state index in [1.807, 2.05) is 0 Å². The van der Waals surface area contributed by atoms with Crippen LogP contribution in [0.1, 0.15) is 323 Å². The number of esters is 3. The van der Waals surface area contributed by atoms with Crippen molar-refractivity contribution >= 4 is 17.9 Å². The summed E-state index contributed by atoms with van der Waals surface area (Å²) in [6.07, 6.45) is 80.5. The van der Waals surface area contributed by atoms with Crippen LogP contribution in [0.3, 0.4) is 0 Å². The molecule has 0 saturated heterocycles. The maximum Gasteiger partial charge on any atom is 0.306 e. The standard InChI is InChI=1S/C68H120O6/c1-4-7-10-13-16-19-22-25-27-29-30-31-32-33-34-35-36-37-38-39-41-43-46-49-52-55-58-61-67(70)73-64-65(63-72-66(69)60-57-54-51-48-45-42-24-21-18-15-12-9-6-3)74-68(71)62-59-56-53-50-47-44-40-28-26-23-20-17-14-11-8-5-2/h12,15,20-25,28-30,40,65H,4-11,13-14,16-19,26-27,31-39,41-64H2,1-3H3/b15-12-,23-20-,24-21-,25-22-,30-29-,40-28-. The Morgan fingerprint density at radius 2 is 0.514 bits per heavy atom. The molecule has 0 radical (unpaired) electrons. The van der Waals surface area contributed by atoms with Crippen LogP contribution in [0.15, 0.2) is 72.9 Å². The Labute approximate surface area is 459 Å². The van der Waals surface area contributed by atoms with Crippen molar-refractivity contribution in [2.45, 2.75) is 329 Å². The fourth-order valence-corrected chi connectivity index (χ4v) is 9.07. The van der Waals surface area contributed by atoms with Crippen molar-refractivity contribution in [3.05, 3.63) is 72.9 Å². The molecule has 74 heavy (non-hydrogen) atoms. The van der Waals surface area contributed by atoms with Crippen molar-refractivity contribution in [2.24, 2.45) is 0 Å². The first-order valence-corrected chi connectivity index (χ1v) is 31.9. The summed E-state index contributed by atoms with van der Waals surface area (Å²) in [5.41, 5.74) is 0. The Hall–Kier alpha value is -3.15. The van der Waals surface area contributed by atoms with Crippen molar-refractivity contribution in [3.63, 3.8) is 0 Å². The molecule has 0 aliphatic carbocycles. The average molecular weight is 1030 g/mol. The van der Waals surface area contributed by atoms with Crippen LogP contribution >= 0.6 is 0 Å². The molecule has 0 saturated carbocycles. The number of ether oxygens (including phenoxy) is 3. The van der Waals surface area contributed by atoms with Crippen LogP contribution in [0.2, 0.25) is 0 Å². The SMILES string of the molecule is CCC/C=C\C/C=C\CCCCCCCC(=O)OCC(COC(=O)CCCCCCCCCCCCCCCCC/C=C\C/C=C\CCCCCCC)OC(=O)CCCCCCC/C=C\C/C=C\CCCCCC. The van der Waals surface area contributed by atoms with Gasteiger partial charge in [-0.25, -0.2) is 0 Å². The van der Waals surface area contributed by atoms with Gasteiger partial charge < -0.3 is 14.2 Å². The second-order valence-electron chi connectivity index (χ2n) is 21.3. The highest BCUT2D eigenvalue weighted by atomic mass is 16.6. The molecule has 0 aromatic heterocycles. The Morgan fingerprint density at radius 3 is 0.811 bits per heavy atom. The molecule has 6 nitrogen and oxygen atoms in total. The lowest BCUT2D eigenvalue weighted by molar-refractivity contribution is -0.167. The van der Waals surface area contributed by atoms with Crippen molar-refractivity contribution in [3.8, 4) is 0 Å². The summed E-state index contributed by atoms with van der Waals surface area (Å²) < 4.78 is 16.9. The summed E-state index contributed by atoms with van der Waals surface area (Å²) in [5, 5.41) is 0. The molecule has 0 amide bonds. The molecule has 0 fully saturated rings. The highest BCUT2D eigenvalue weighted by molar-refractivity contribution is 5.71. The summed E-state index contributed by atoms with van der Waals surface area (Å²) in [6.45, 7) is 6.55. The molecule has 0 spiro atoms. The molecule has 428 valence electrons. The van der Waals surface area contributed by atoms with Crippen LogP contribution < -0.4 is 0 Å². The van der Waals surface area contributed by atoms with Crippen molar-refractivity contribution < 1.29 is 28.6 Å². The van der Waals surface area contributed by atoms with Crippen molar-refractivity contribution in [1.82, 2.24) is 0 Å². The number of carbonyl (C=O) groups is 3. The molecule has 0 heterocycles. The van der Waals surface area contributed by atoms with E-state index in [1.54, 1.807) is 0 Å². The summed E-state index contributed by atoms with van der Waals surface area (Å²) in [6, 6.07) is 0. The molecular formula is C68H120O6. The van der Waals surface area contributed by atoms with E-state index >= 15 is 0 Å². The first-order valence-electron chi connectivity index (χ1n) is 31.9. The topological polar surface area (TPSA) is 78.9 Å². The highest BCUT2D eigenvalue weighted by Gasteiger charge is 2.19. The predicted octanol–water partition coefficient (Wildman–Crippen LogP) is 21.7. The van der Waals surface area contributed by atoms with E-state index in [0.717, 1.165) is 116 Å². The number of allylic oxidation sites excluding steroid dienone is 12. The monoisotopic (exact) mass is 1030 g/mol. The molecule has 0 rings (SSSR count). The van der Waals surface area contributed by atoms with Gasteiger partial charge in [-0.2, -0.15) is 0 Å². The maximum absolute atomic E-state index is 12.9. The molecule has 0 aliphatic rings. The third-order valence-corrected chi connectivity index (χ3v) is 13.9. The fraction of sp³-hybridized carbons (Fsp3) is 0.779. The van der Waals surface area contributed by atoms with Gasteiger partial charge in [0.05, 0.1) is 0 Å². The van der Waals surface area contributed by atoms with Crippen LogP contribution in [0, 0.1) is 0 Å². The summed E-state index contributed by atoms with van der Waals surface area (Å²) in [4.78, 5) is 38.2. The summed E-state index contributed by atoms with van der Waals surface area (Å²) in [5.74, 6) is -0.901. The first kappa shape index (κ1) is 70.8. The van der Waals surface area contributed by atoms with E-state index in [9.17, 15) is 14.4 Å². The molecule has 6 heteroatoms. The molecule has 1 unspecified atom stereocenters. The number of carbonyl (C=O) groups excluding carboxylic acids is 3. The maximum atomic E-state index is 12.9. The van der Waals surface area contributed by atoms with E-state index in [2.05, 4.69) is 93.7 Å². The van der Waals surface area contributed by atoms with Crippen LogP contribution in [-0.4, -0.2) is 37.2 Å². The fourth-order valence-electron chi connectivity index (χ4n) is 9.07. The minimum absolute atomic E-state index is 0.0841. The van der Waals surface area contributed by atoms with Gasteiger partial charge >= 0.3 is 17.9 Å². The third kappa shape index (κ3) is 59.7. The van der Waals surface area contributed by atoms with E-state index in [4.69, 9.17) is 14.2 Å². The van der Waals surface area contributed by atoms with Crippen LogP contribution in [0.5, 0.6) is 0 Å². The smallest absolute Gasteiger partial charge is 0.306 e. The molecule has 0 N–H and O–H groups in total. The van der Waals surface area contributed by atoms with Gasteiger partial charge in [0.25, 0.3) is 0 Å². The normalized spacial score (nSPS) is 12.5. The number of hydrogen-bond donors (Lipinski definition) is 0. The van der Waals surface area contributed by atoms with Gasteiger partial charge in [0.1, 0.15) is 13.2 Å². The summed E-state index contributed by atoms with van der Waals surface area (Å²) in [7, 11) is 0. The average Bonchev–Trinajstić information content (AvgIpc) is 3.40. The minimum Gasteiger partial charge on any atom is -0.462 e. The van der Waals surface area contributed by atoms with Crippen molar-refractivity contribution in [2.75, 3.05) is 13.2 Å². The second-order valence-corrected chi connectivity index (χ2v) is 21.3. The Kier molecular flexibility index (Phi) is 59.7. The van der Waals surface area contributed by atoms with Crippen LogP contribution in [0.4, 0.5) is 0 Å². The molecule has 0 bridgehead atoms. The van der Waals surface area contributed by atoms with E-state index < -0.39 is 6.10 Å². The molecule has 0 aromatic rings. The van der Waals surface area contributed by atoms with Gasteiger partial charge in [-0.1, -0.05) is 267 Å². The number of hydrogen-bond acceptors (Lipinski definition) is 6. The van der Waals surface area contributed by atoms with Crippen LogP contribution in [-0.2, 0) is 28.6 Å². The van der Waals surface area contributed by atoms with Gasteiger partial charge in [-0.05, 0) is 109 Å².